The second-order valence-corrected chi connectivity index (χ2v) is 4.64. The number of nitrogens with one attached hydrogen (secondary N) is 1. The number of aliphatic hydroxyl groups is 1. The molecular weight excluding hydrogens is 218 g/mol. The molecule has 1 aliphatic carbocycles. The molecule has 0 aromatic carbocycles. The number of hydrogen-bond donors (Lipinski definition) is 2. The predicted molar refractivity (Wildman–Crippen MR) is 62.5 cm³/mol. The van der Waals surface area contributed by atoms with Crippen LogP contribution >= 0.6 is 0 Å². The average Bonchev–Trinajstić information content (AvgIpc) is 2.78. The highest BCUT2D eigenvalue weighted by molar-refractivity contribution is 5.92. The molecule has 0 bridgehead atoms. The van der Waals surface area contributed by atoms with Crippen molar-refractivity contribution >= 4 is 5.91 Å². The molecule has 1 aliphatic rings. The number of aromatic nitrogens is 2. The van der Waals surface area contributed by atoms with E-state index in [1.165, 1.54) is 6.33 Å². The van der Waals surface area contributed by atoms with Crippen molar-refractivity contribution < 1.29 is 9.90 Å². The van der Waals surface area contributed by atoms with Gasteiger partial charge in [0.1, 0.15) is 12.0 Å². The Bertz CT molecular complexity index is 414. The largest absolute Gasteiger partial charge is 0.394 e. The van der Waals surface area contributed by atoms with E-state index >= 15 is 0 Å². The van der Waals surface area contributed by atoms with E-state index in [1.54, 1.807) is 6.07 Å². The van der Waals surface area contributed by atoms with Crippen molar-refractivity contribution in [2.45, 2.75) is 38.1 Å². The molecule has 1 heterocycles. The van der Waals surface area contributed by atoms with E-state index in [-0.39, 0.29) is 12.5 Å². The zero-order valence-electron chi connectivity index (χ0n) is 9.94. The molecule has 0 atom stereocenters. The summed E-state index contributed by atoms with van der Waals surface area (Å²) >= 11 is 0. The van der Waals surface area contributed by atoms with Crippen LogP contribution in [0, 0.1) is 6.92 Å². The summed E-state index contributed by atoms with van der Waals surface area (Å²) in [5.41, 5.74) is 0.669. The fraction of sp³-hybridized carbons (Fsp3) is 0.583. The summed E-state index contributed by atoms with van der Waals surface area (Å²) in [4.78, 5) is 19.9. The van der Waals surface area contributed by atoms with Crippen molar-refractivity contribution in [2.24, 2.45) is 0 Å². The molecule has 0 spiro atoms. The highest BCUT2D eigenvalue weighted by Crippen LogP contribution is 2.29. The molecule has 1 saturated carbocycles. The molecule has 0 saturated heterocycles. The molecule has 5 heteroatoms. The zero-order chi connectivity index (χ0) is 12.3. The topological polar surface area (TPSA) is 75.1 Å². The van der Waals surface area contributed by atoms with Crippen LogP contribution in [-0.4, -0.2) is 33.1 Å². The van der Waals surface area contributed by atoms with E-state index < -0.39 is 5.54 Å². The van der Waals surface area contributed by atoms with Crippen LogP contribution in [0.25, 0.3) is 0 Å². The Labute approximate surface area is 100 Å². The van der Waals surface area contributed by atoms with Gasteiger partial charge in [0.05, 0.1) is 12.1 Å². The number of carbonyl (C=O) groups excluding carboxylic acids is 1. The van der Waals surface area contributed by atoms with Crippen LogP contribution in [0.15, 0.2) is 12.4 Å². The first-order chi connectivity index (χ1) is 8.15. The van der Waals surface area contributed by atoms with Crippen LogP contribution in [0.2, 0.25) is 0 Å². The molecule has 5 nitrogen and oxygen atoms in total. The van der Waals surface area contributed by atoms with Gasteiger partial charge in [0.15, 0.2) is 0 Å². The van der Waals surface area contributed by atoms with Gasteiger partial charge in [0, 0.05) is 5.69 Å². The van der Waals surface area contributed by atoms with Gasteiger partial charge in [0.2, 0.25) is 0 Å². The number of amides is 1. The molecule has 1 aromatic rings. The number of carbonyl (C=O) groups is 1. The van der Waals surface area contributed by atoms with Gasteiger partial charge in [-0.2, -0.15) is 0 Å². The Morgan fingerprint density at radius 3 is 2.76 bits per heavy atom. The SMILES string of the molecule is Cc1cc(C(=O)NC2(CO)CCCC2)ncn1. The normalized spacial score (nSPS) is 18.0. The highest BCUT2D eigenvalue weighted by atomic mass is 16.3. The van der Waals surface area contributed by atoms with Gasteiger partial charge in [-0.25, -0.2) is 9.97 Å². The van der Waals surface area contributed by atoms with Crippen molar-refractivity contribution in [3.8, 4) is 0 Å². The first-order valence-corrected chi connectivity index (χ1v) is 5.87. The van der Waals surface area contributed by atoms with E-state index in [2.05, 4.69) is 15.3 Å². The minimum atomic E-state index is -0.448. The minimum absolute atomic E-state index is 0.0111. The molecule has 1 aromatic heterocycles. The third-order valence-corrected chi connectivity index (χ3v) is 3.28. The summed E-state index contributed by atoms with van der Waals surface area (Å²) in [5.74, 6) is -0.230. The molecular formula is C12H17N3O2. The minimum Gasteiger partial charge on any atom is -0.394 e. The second kappa shape index (κ2) is 4.79. The van der Waals surface area contributed by atoms with E-state index in [4.69, 9.17) is 0 Å². The van der Waals surface area contributed by atoms with Crippen molar-refractivity contribution in [2.75, 3.05) is 6.61 Å². The maximum absolute atomic E-state index is 12.0. The molecule has 2 rings (SSSR count). The van der Waals surface area contributed by atoms with Crippen LogP contribution in [0.3, 0.4) is 0 Å². The van der Waals surface area contributed by atoms with E-state index in [9.17, 15) is 9.90 Å². The predicted octanol–water partition coefficient (Wildman–Crippen LogP) is 0.820. The third-order valence-electron chi connectivity index (χ3n) is 3.28. The Hall–Kier alpha value is -1.49. The van der Waals surface area contributed by atoms with E-state index in [1.807, 2.05) is 6.92 Å². The van der Waals surface area contributed by atoms with Gasteiger partial charge >= 0.3 is 0 Å². The summed E-state index contributed by atoms with van der Waals surface area (Å²) in [6.45, 7) is 1.80. The van der Waals surface area contributed by atoms with Gasteiger partial charge in [0.25, 0.3) is 5.91 Å². The number of aliphatic hydroxyl groups excluding tert-OH is 1. The first-order valence-electron chi connectivity index (χ1n) is 5.87. The fourth-order valence-electron chi connectivity index (χ4n) is 2.26. The fourth-order valence-corrected chi connectivity index (χ4v) is 2.26. The van der Waals surface area contributed by atoms with Gasteiger partial charge in [-0.3, -0.25) is 4.79 Å². The molecule has 0 radical (unpaired) electrons. The highest BCUT2D eigenvalue weighted by Gasteiger charge is 2.35. The molecule has 1 fully saturated rings. The molecule has 0 aliphatic heterocycles. The summed E-state index contributed by atoms with van der Waals surface area (Å²) in [6, 6.07) is 1.65. The Kier molecular flexibility index (Phi) is 3.38. The number of aryl methyl sites for hydroxylation is 1. The monoisotopic (exact) mass is 235 g/mol. The Morgan fingerprint density at radius 1 is 1.47 bits per heavy atom. The van der Waals surface area contributed by atoms with Crippen molar-refractivity contribution in [1.29, 1.82) is 0 Å². The lowest BCUT2D eigenvalue weighted by molar-refractivity contribution is 0.0833. The summed E-state index contributed by atoms with van der Waals surface area (Å²) in [7, 11) is 0. The number of hydrogen-bond acceptors (Lipinski definition) is 4. The molecule has 92 valence electrons. The smallest absolute Gasteiger partial charge is 0.270 e. The van der Waals surface area contributed by atoms with Crippen LogP contribution in [0.5, 0.6) is 0 Å². The van der Waals surface area contributed by atoms with Crippen LogP contribution < -0.4 is 5.32 Å². The summed E-state index contributed by atoms with van der Waals surface area (Å²) in [5, 5.41) is 12.3. The third kappa shape index (κ3) is 2.61. The maximum atomic E-state index is 12.0. The lowest BCUT2D eigenvalue weighted by atomic mass is 9.98. The number of nitrogens with zero attached hydrogens (tertiary/aromatic N) is 2. The van der Waals surface area contributed by atoms with Gasteiger partial charge in [-0.05, 0) is 25.8 Å². The Balaban J connectivity index is 2.11. The molecule has 0 unspecified atom stereocenters. The van der Waals surface area contributed by atoms with Crippen molar-refractivity contribution in [3.63, 3.8) is 0 Å². The van der Waals surface area contributed by atoms with Gasteiger partial charge in [-0.15, -0.1) is 0 Å². The van der Waals surface area contributed by atoms with Gasteiger partial charge < -0.3 is 10.4 Å². The first kappa shape index (κ1) is 12.0. The summed E-state index contributed by atoms with van der Waals surface area (Å²) < 4.78 is 0. The summed E-state index contributed by atoms with van der Waals surface area (Å²) in [6.07, 6.45) is 5.14. The zero-order valence-corrected chi connectivity index (χ0v) is 9.94. The Morgan fingerprint density at radius 2 is 2.18 bits per heavy atom. The number of rotatable bonds is 3. The molecule has 17 heavy (non-hydrogen) atoms. The van der Waals surface area contributed by atoms with E-state index in [0.717, 1.165) is 31.4 Å². The van der Waals surface area contributed by atoms with Crippen LogP contribution in [-0.2, 0) is 0 Å². The van der Waals surface area contributed by atoms with Gasteiger partial charge in [-0.1, -0.05) is 12.8 Å². The van der Waals surface area contributed by atoms with Crippen molar-refractivity contribution in [1.82, 2.24) is 15.3 Å². The van der Waals surface area contributed by atoms with Crippen LogP contribution in [0.1, 0.15) is 41.9 Å². The molecule has 1 amide bonds. The van der Waals surface area contributed by atoms with Crippen molar-refractivity contribution in [3.05, 3.63) is 23.8 Å². The average molecular weight is 235 g/mol. The molecule has 2 N–H and O–H groups in total. The second-order valence-electron chi connectivity index (χ2n) is 4.64. The lowest BCUT2D eigenvalue weighted by Gasteiger charge is -2.27. The lowest BCUT2D eigenvalue weighted by Crippen LogP contribution is -2.49. The maximum Gasteiger partial charge on any atom is 0.270 e. The standard InChI is InChI=1S/C12H17N3O2/c1-9-6-10(14-8-13-9)11(17)15-12(7-16)4-2-3-5-12/h6,8,16H,2-5,7H2,1H3,(H,15,17). The van der Waals surface area contributed by atoms with E-state index in [0.29, 0.717) is 5.69 Å². The van der Waals surface area contributed by atoms with Crippen LogP contribution in [0.4, 0.5) is 0 Å². The quantitative estimate of drug-likeness (QED) is 0.813.